The van der Waals surface area contributed by atoms with Gasteiger partial charge in [0.05, 0.1) is 0 Å². The van der Waals surface area contributed by atoms with Gasteiger partial charge in [-0.25, -0.2) is 0 Å². The van der Waals surface area contributed by atoms with Gasteiger partial charge >= 0.3 is 0 Å². The van der Waals surface area contributed by atoms with Crippen LogP contribution in [0.1, 0.15) is 26.7 Å². The molecule has 0 bridgehead atoms. The summed E-state index contributed by atoms with van der Waals surface area (Å²) in [6, 6.07) is 0. The molecular weight excluding hydrogens is 212 g/mol. The van der Waals surface area contributed by atoms with E-state index in [-0.39, 0.29) is 5.41 Å². The molecule has 0 aromatic rings. The highest BCUT2D eigenvalue weighted by molar-refractivity contribution is 5.79. The van der Waals surface area contributed by atoms with Gasteiger partial charge in [0.2, 0.25) is 0 Å². The van der Waals surface area contributed by atoms with Gasteiger partial charge in [-0.2, -0.15) is 0 Å². The Kier molecular flexibility index (Phi) is 5.25. The first kappa shape index (κ1) is 14.3. The third-order valence-corrected chi connectivity index (χ3v) is 2.96. The first-order chi connectivity index (χ1) is 7.93. The van der Waals surface area contributed by atoms with Gasteiger partial charge < -0.3 is 15.5 Å². The van der Waals surface area contributed by atoms with Gasteiger partial charge in [0.25, 0.3) is 0 Å². The molecule has 100 valence electrons. The van der Waals surface area contributed by atoms with E-state index in [1.165, 1.54) is 12.8 Å². The zero-order chi connectivity index (χ0) is 12.9. The quantitative estimate of drug-likeness (QED) is 0.540. The summed E-state index contributed by atoms with van der Waals surface area (Å²) >= 11 is 0. The van der Waals surface area contributed by atoms with Crippen LogP contribution in [-0.2, 0) is 0 Å². The van der Waals surface area contributed by atoms with Crippen molar-refractivity contribution in [3.63, 3.8) is 0 Å². The summed E-state index contributed by atoms with van der Waals surface area (Å²) in [4.78, 5) is 6.48. The highest BCUT2D eigenvalue weighted by Gasteiger charge is 2.22. The summed E-state index contributed by atoms with van der Waals surface area (Å²) in [5.74, 6) is 1.81. The van der Waals surface area contributed by atoms with Gasteiger partial charge in [-0.15, -0.1) is 0 Å². The molecule has 0 aromatic heterocycles. The van der Waals surface area contributed by atoms with E-state index in [4.69, 9.17) is 0 Å². The summed E-state index contributed by atoms with van der Waals surface area (Å²) in [5.41, 5.74) is 0.251. The molecular formula is C13H28N4. The standard InChI is InChI=1S/C13H28N4/c1-13(2,10-17(4)5)9-16-12(14-3)15-8-11-6-7-11/h11H,6-10H2,1-5H3,(H2,14,15,16). The van der Waals surface area contributed by atoms with Crippen LogP contribution in [0.3, 0.4) is 0 Å². The number of hydrogen-bond acceptors (Lipinski definition) is 2. The van der Waals surface area contributed by atoms with E-state index in [2.05, 4.69) is 48.5 Å². The highest BCUT2D eigenvalue weighted by atomic mass is 15.2. The molecule has 0 aromatic carbocycles. The highest BCUT2D eigenvalue weighted by Crippen LogP contribution is 2.27. The topological polar surface area (TPSA) is 39.7 Å². The van der Waals surface area contributed by atoms with Crippen LogP contribution in [0.4, 0.5) is 0 Å². The van der Waals surface area contributed by atoms with Crippen molar-refractivity contribution in [1.29, 1.82) is 0 Å². The van der Waals surface area contributed by atoms with Crippen LogP contribution in [0, 0.1) is 11.3 Å². The maximum atomic E-state index is 4.25. The largest absolute Gasteiger partial charge is 0.356 e. The molecule has 0 spiro atoms. The van der Waals surface area contributed by atoms with Gasteiger partial charge in [0, 0.05) is 26.7 Å². The fraction of sp³-hybridized carbons (Fsp3) is 0.923. The van der Waals surface area contributed by atoms with Crippen molar-refractivity contribution in [2.24, 2.45) is 16.3 Å². The van der Waals surface area contributed by atoms with Crippen LogP contribution in [0.5, 0.6) is 0 Å². The lowest BCUT2D eigenvalue weighted by molar-refractivity contribution is 0.241. The molecule has 0 radical (unpaired) electrons. The van der Waals surface area contributed by atoms with E-state index in [1.54, 1.807) is 0 Å². The predicted octanol–water partition coefficient (Wildman–Crippen LogP) is 1.15. The second kappa shape index (κ2) is 6.24. The molecule has 1 saturated carbocycles. The third-order valence-electron chi connectivity index (χ3n) is 2.96. The molecule has 4 heteroatoms. The molecule has 0 heterocycles. The van der Waals surface area contributed by atoms with Crippen molar-refractivity contribution in [3.05, 3.63) is 0 Å². The van der Waals surface area contributed by atoms with Crippen LogP contribution < -0.4 is 10.6 Å². The Labute approximate surface area is 106 Å². The van der Waals surface area contributed by atoms with Crippen LogP contribution >= 0.6 is 0 Å². The lowest BCUT2D eigenvalue weighted by Crippen LogP contribution is -2.45. The van der Waals surface area contributed by atoms with Crippen LogP contribution in [0.2, 0.25) is 0 Å². The Morgan fingerprint density at radius 1 is 1.29 bits per heavy atom. The van der Waals surface area contributed by atoms with Crippen molar-refractivity contribution in [3.8, 4) is 0 Å². The second-order valence-electron chi connectivity index (χ2n) is 6.15. The molecule has 1 aliphatic carbocycles. The number of guanidine groups is 1. The number of rotatable bonds is 6. The molecule has 0 amide bonds. The lowest BCUT2D eigenvalue weighted by Gasteiger charge is -2.29. The maximum Gasteiger partial charge on any atom is 0.191 e. The van der Waals surface area contributed by atoms with Crippen molar-refractivity contribution in [1.82, 2.24) is 15.5 Å². The molecule has 2 N–H and O–H groups in total. The van der Waals surface area contributed by atoms with Gasteiger partial charge in [-0.3, -0.25) is 4.99 Å². The normalized spacial score (nSPS) is 17.4. The van der Waals surface area contributed by atoms with E-state index in [1.807, 2.05) is 7.05 Å². The Morgan fingerprint density at radius 3 is 2.41 bits per heavy atom. The van der Waals surface area contributed by atoms with Crippen LogP contribution in [0.25, 0.3) is 0 Å². The summed E-state index contributed by atoms with van der Waals surface area (Å²) in [6.07, 6.45) is 2.74. The minimum Gasteiger partial charge on any atom is -0.356 e. The molecule has 0 saturated heterocycles. The molecule has 17 heavy (non-hydrogen) atoms. The molecule has 1 rings (SSSR count). The van der Waals surface area contributed by atoms with E-state index >= 15 is 0 Å². The average molecular weight is 240 g/mol. The fourth-order valence-electron chi connectivity index (χ4n) is 2.02. The average Bonchev–Trinajstić information content (AvgIpc) is 2.99. The third kappa shape index (κ3) is 6.51. The van der Waals surface area contributed by atoms with Crippen molar-refractivity contribution in [2.45, 2.75) is 26.7 Å². The summed E-state index contributed by atoms with van der Waals surface area (Å²) in [6.45, 7) is 7.62. The summed E-state index contributed by atoms with van der Waals surface area (Å²) in [5, 5.41) is 6.79. The van der Waals surface area contributed by atoms with Crippen molar-refractivity contribution < 1.29 is 0 Å². The van der Waals surface area contributed by atoms with Gasteiger partial charge in [-0.05, 0) is 38.3 Å². The molecule has 0 aliphatic heterocycles. The zero-order valence-corrected chi connectivity index (χ0v) is 12.0. The second-order valence-corrected chi connectivity index (χ2v) is 6.15. The molecule has 1 aliphatic rings. The minimum atomic E-state index is 0.251. The molecule has 1 fully saturated rings. The molecule has 4 nitrogen and oxygen atoms in total. The maximum absolute atomic E-state index is 4.25. The number of aliphatic imine (C=N–C) groups is 1. The smallest absolute Gasteiger partial charge is 0.191 e. The molecule has 0 unspecified atom stereocenters. The predicted molar refractivity (Wildman–Crippen MR) is 74.4 cm³/mol. The van der Waals surface area contributed by atoms with E-state index in [9.17, 15) is 0 Å². The van der Waals surface area contributed by atoms with Crippen LogP contribution in [0.15, 0.2) is 4.99 Å². The number of hydrogen-bond donors (Lipinski definition) is 2. The molecule has 0 atom stereocenters. The fourth-order valence-corrected chi connectivity index (χ4v) is 2.02. The van der Waals surface area contributed by atoms with Crippen molar-refractivity contribution in [2.75, 3.05) is 40.8 Å². The van der Waals surface area contributed by atoms with E-state index < -0.39 is 0 Å². The lowest BCUT2D eigenvalue weighted by atomic mass is 9.93. The van der Waals surface area contributed by atoms with Gasteiger partial charge in [0.15, 0.2) is 5.96 Å². The van der Waals surface area contributed by atoms with Gasteiger partial charge in [-0.1, -0.05) is 13.8 Å². The monoisotopic (exact) mass is 240 g/mol. The Hall–Kier alpha value is -0.770. The SMILES string of the molecule is CN=C(NCC1CC1)NCC(C)(C)CN(C)C. The van der Waals surface area contributed by atoms with Crippen molar-refractivity contribution >= 4 is 5.96 Å². The van der Waals surface area contributed by atoms with E-state index in [0.717, 1.165) is 31.5 Å². The summed E-state index contributed by atoms with van der Waals surface area (Å²) < 4.78 is 0. The Morgan fingerprint density at radius 2 is 1.94 bits per heavy atom. The summed E-state index contributed by atoms with van der Waals surface area (Å²) in [7, 11) is 6.06. The first-order valence-corrected chi connectivity index (χ1v) is 6.52. The number of nitrogens with one attached hydrogen (secondary N) is 2. The minimum absolute atomic E-state index is 0.251. The Bertz CT molecular complexity index is 254. The Balaban J connectivity index is 2.25. The van der Waals surface area contributed by atoms with Crippen LogP contribution in [-0.4, -0.2) is 51.6 Å². The van der Waals surface area contributed by atoms with Gasteiger partial charge in [0.1, 0.15) is 0 Å². The number of nitrogens with zero attached hydrogens (tertiary/aromatic N) is 2. The zero-order valence-electron chi connectivity index (χ0n) is 12.0. The first-order valence-electron chi connectivity index (χ1n) is 6.52. The van der Waals surface area contributed by atoms with E-state index in [0.29, 0.717) is 0 Å².